The Kier molecular flexibility index (Phi) is 3.69. The van der Waals surface area contributed by atoms with Crippen molar-refractivity contribution >= 4 is 5.78 Å². The van der Waals surface area contributed by atoms with Gasteiger partial charge in [-0.05, 0) is 25.7 Å². The summed E-state index contributed by atoms with van der Waals surface area (Å²) in [7, 11) is 1.63. The van der Waals surface area contributed by atoms with E-state index in [0.717, 1.165) is 25.7 Å². The number of hydrogen-bond donors (Lipinski definition) is 2. The van der Waals surface area contributed by atoms with Gasteiger partial charge in [-0.15, -0.1) is 0 Å². The molecule has 0 radical (unpaired) electrons. The molecule has 0 atom stereocenters. The number of rotatable bonds is 4. The van der Waals surface area contributed by atoms with Gasteiger partial charge in [0.15, 0.2) is 5.78 Å². The van der Waals surface area contributed by atoms with Crippen LogP contribution in [0.3, 0.4) is 0 Å². The Morgan fingerprint density at radius 1 is 1.50 bits per heavy atom. The highest BCUT2D eigenvalue weighted by atomic mass is 16.6. The number of aromatic nitrogens is 2. The first kappa shape index (κ1) is 11.3. The summed E-state index contributed by atoms with van der Waals surface area (Å²) in [5.74, 6) is 0.323. The minimum atomic E-state index is 0.135. The van der Waals surface area contributed by atoms with Crippen molar-refractivity contribution in [3.05, 3.63) is 18.2 Å². The SMILES string of the molecule is CONC1CCC(C(=O)c2cnc[nH]2)CC1. The largest absolute Gasteiger partial charge is 0.342 e. The van der Waals surface area contributed by atoms with Crippen LogP contribution in [0.1, 0.15) is 36.2 Å². The molecule has 1 aromatic heterocycles. The van der Waals surface area contributed by atoms with Gasteiger partial charge >= 0.3 is 0 Å². The van der Waals surface area contributed by atoms with Gasteiger partial charge in [-0.1, -0.05) is 0 Å². The number of nitrogens with zero attached hydrogens (tertiary/aromatic N) is 1. The van der Waals surface area contributed by atoms with Gasteiger partial charge in [0.1, 0.15) is 5.69 Å². The fourth-order valence-electron chi connectivity index (χ4n) is 2.25. The summed E-state index contributed by atoms with van der Waals surface area (Å²) in [5, 5.41) is 0. The van der Waals surface area contributed by atoms with Crippen molar-refractivity contribution < 1.29 is 9.63 Å². The molecule has 1 fully saturated rings. The number of Topliss-reactive ketones (excluding diaryl/α,β-unsaturated/α-hetero) is 1. The van der Waals surface area contributed by atoms with Crippen LogP contribution in [0.2, 0.25) is 0 Å². The third-order valence-corrected chi connectivity index (χ3v) is 3.15. The molecule has 16 heavy (non-hydrogen) atoms. The maximum atomic E-state index is 12.0. The van der Waals surface area contributed by atoms with Crippen LogP contribution in [0.5, 0.6) is 0 Å². The monoisotopic (exact) mass is 223 g/mol. The third kappa shape index (κ3) is 2.48. The molecule has 2 N–H and O–H groups in total. The highest BCUT2D eigenvalue weighted by Crippen LogP contribution is 2.26. The maximum absolute atomic E-state index is 12.0. The second-order valence-electron chi connectivity index (χ2n) is 4.20. The van der Waals surface area contributed by atoms with Gasteiger partial charge in [-0.25, -0.2) is 4.98 Å². The van der Waals surface area contributed by atoms with Crippen molar-refractivity contribution in [2.24, 2.45) is 5.92 Å². The van der Waals surface area contributed by atoms with Crippen LogP contribution < -0.4 is 5.48 Å². The number of nitrogens with one attached hydrogen (secondary N) is 2. The molecule has 0 aliphatic heterocycles. The predicted octanol–water partition coefficient (Wildman–Crippen LogP) is 1.30. The van der Waals surface area contributed by atoms with Gasteiger partial charge in [0.25, 0.3) is 0 Å². The van der Waals surface area contributed by atoms with E-state index >= 15 is 0 Å². The predicted molar refractivity (Wildman–Crippen MR) is 58.8 cm³/mol. The Balaban J connectivity index is 1.87. The second-order valence-corrected chi connectivity index (χ2v) is 4.20. The molecule has 0 spiro atoms. The van der Waals surface area contributed by atoms with Gasteiger partial charge in [0.05, 0.1) is 19.6 Å². The molecule has 1 aliphatic carbocycles. The molecule has 0 bridgehead atoms. The van der Waals surface area contributed by atoms with Crippen molar-refractivity contribution in [2.75, 3.05) is 7.11 Å². The lowest BCUT2D eigenvalue weighted by atomic mass is 9.83. The summed E-state index contributed by atoms with van der Waals surface area (Å²) in [6.07, 6.45) is 6.95. The van der Waals surface area contributed by atoms with Gasteiger partial charge < -0.3 is 9.82 Å². The first-order chi connectivity index (χ1) is 7.81. The number of imidazole rings is 1. The first-order valence-corrected chi connectivity index (χ1v) is 5.62. The van der Waals surface area contributed by atoms with Crippen LogP contribution >= 0.6 is 0 Å². The molecule has 1 aromatic rings. The van der Waals surface area contributed by atoms with E-state index in [4.69, 9.17) is 4.84 Å². The zero-order valence-corrected chi connectivity index (χ0v) is 9.40. The average molecular weight is 223 g/mol. The van der Waals surface area contributed by atoms with Gasteiger partial charge in [0, 0.05) is 12.0 Å². The molecule has 5 heteroatoms. The van der Waals surface area contributed by atoms with E-state index in [-0.39, 0.29) is 11.7 Å². The van der Waals surface area contributed by atoms with Gasteiger partial charge in [0.2, 0.25) is 0 Å². The molecule has 2 rings (SSSR count). The van der Waals surface area contributed by atoms with E-state index in [1.807, 2.05) is 0 Å². The topological polar surface area (TPSA) is 67.0 Å². The lowest BCUT2D eigenvalue weighted by molar-refractivity contribution is 0.0420. The molecule has 0 unspecified atom stereocenters. The molecule has 1 saturated carbocycles. The highest BCUT2D eigenvalue weighted by Gasteiger charge is 2.27. The number of carbonyl (C=O) groups excluding carboxylic acids is 1. The molecule has 1 heterocycles. The minimum absolute atomic E-state index is 0.135. The van der Waals surface area contributed by atoms with Gasteiger partial charge in [-0.2, -0.15) is 5.48 Å². The van der Waals surface area contributed by atoms with Crippen LogP contribution in [-0.4, -0.2) is 28.9 Å². The van der Waals surface area contributed by atoms with E-state index in [0.29, 0.717) is 11.7 Å². The molecular formula is C11H17N3O2. The molecule has 0 amide bonds. The molecule has 88 valence electrons. The third-order valence-electron chi connectivity index (χ3n) is 3.15. The quantitative estimate of drug-likeness (QED) is 0.596. The van der Waals surface area contributed by atoms with Crippen molar-refractivity contribution in [3.8, 4) is 0 Å². The maximum Gasteiger partial charge on any atom is 0.183 e. The van der Waals surface area contributed by atoms with Crippen LogP contribution in [0.15, 0.2) is 12.5 Å². The smallest absolute Gasteiger partial charge is 0.183 e. The summed E-state index contributed by atoms with van der Waals surface area (Å²) < 4.78 is 0. The summed E-state index contributed by atoms with van der Waals surface area (Å²) >= 11 is 0. The molecule has 5 nitrogen and oxygen atoms in total. The fraction of sp³-hybridized carbons (Fsp3) is 0.636. The first-order valence-electron chi connectivity index (χ1n) is 5.62. The Morgan fingerprint density at radius 3 is 2.81 bits per heavy atom. The lowest BCUT2D eigenvalue weighted by Crippen LogP contribution is -2.34. The molecular weight excluding hydrogens is 206 g/mol. The summed E-state index contributed by atoms with van der Waals surface area (Å²) in [6.45, 7) is 0. The Hall–Kier alpha value is -1.20. The summed E-state index contributed by atoms with van der Waals surface area (Å²) in [6, 6.07) is 0.385. The Labute approximate surface area is 94.6 Å². The number of hydroxylamine groups is 1. The highest BCUT2D eigenvalue weighted by molar-refractivity contribution is 5.95. The fourth-order valence-corrected chi connectivity index (χ4v) is 2.25. The molecule has 0 saturated heterocycles. The van der Waals surface area contributed by atoms with Crippen molar-refractivity contribution in [1.29, 1.82) is 0 Å². The van der Waals surface area contributed by atoms with Crippen LogP contribution in [-0.2, 0) is 4.84 Å². The van der Waals surface area contributed by atoms with Crippen LogP contribution in [0.25, 0.3) is 0 Å². The Morgan fingerprint density at radius 2 is 2.25 bits per heavy atom. The van der Waals surface area contributed by atoms with E-state index in [1.165, 1.54) is 0 Å². The van der Waals surface area contributed by atoms with Crippen molar-refractivity contribution in [3.63, 3.8) is 0 Å². The molecule has 1 aliphatic rings. The normalized spacial score (nSPS) is 25.6. The zero-order chi connectivity index (χ0) is 11.4. The van der Waals surface area contributed by atoms with Crippen molar-refractivity contribution in [1.82, 2.24) is 15.4 Å². The second kappa shape index (κ2) is 5.23. The average Bonchev–Trinajstić information content (AvgIpc) is 2.83. The van der Waals surface area contributed by atoms with Gasteiger partial charge in [-0.3, -0.25) is 4.79 Å². The number of hydrogen-bond acceptors (Lipinski definition) is 4. The lowest BCUT2D eigenvalue weighted by Gasteiger charge is -2.27. The van der Waals surface area contributed by atoms with E-state index < -0.39 is 0 Å². The zero-order valence-electron chi connectivity index (χ0n) is 9.40. The standard InChI is InChI=1S/C11H17N3O2/c1-16-14-9-4-2-8(3-5-9)11(15)10-6-12-7-13-10/h6-9,14H,2-5H2,1H3,(H,12,13). The summed E-state index contributed by atoms with van der Waals surface area (Å²) in [5.41, 5.74) is 3.58. The summed E-state index contributed by atoms with van der Waals surface area (Å²) in [4.78, 5) is 23.6. The van der Waals surface area contributed by atoms with Crippen LogP contribution in [0.4, 0.5) is 0 Å². The number of ketones is 1. The van der Waals surface area contributed by atoms with E-state index in [2.05, 4.69) is 15.4 Å². The van der Waals surface area contributed by atoms with E-state index in [1.54, 1.807) is 19.6 Å². The molecule has 0 aromatic carbocycles. The van der Waals surface area contributed by atoms with Crippen molar-refractivity contribution in [2.45, 2.75) is 31.7 Å². The van der Waals surface area contributed by atoms with E-state index in [9.17, 15) is 4.79 Å². The minimum Gasteiger partial charge on any atom is -0.342 e. The number of H-pyrrole nitrogens is 1. The number of carbonyl (C=O) groups is 1. The Bertz CT molecular complexity index is 329. The van der Waals surface area contributed by atoms with Crippen LogP contribution in [0, 0.1) is 5.92 Å². The number of aromatic amines is 1.